The fraction of sp³-hybridized carbons (Fsp3) is 0.321. The zero-order valence-corrected chi connectivity index (χ0v) is 21.0. The predicted octanol–water partition coefficient (Wildman–Crippen LogP) is 3.57. The van der Waals surface area contributed by atoms with Crippen LogP contribution in [0, 0.1) is 6.92 Å². The van der Waals surface area contributed by atoms with E-state index in [0.717, 1.165) is 30.8 Å². The molecule has 3 aromatic rings. The van der Waals surface area contributed by atoms with Gasteiger partial charge in [0, 0.05) is 39.3 Å². The molecule has 1 aliphatic heterocycles. The molecule has 0 aromatic heterocycles. The van der Waals surface area contributed by atoms with Crippen molar-refractivity contribution in [2.24, 2.45) is 0 Å². The van der Waals surface area contributed by atoms with E-state index in [9.17, 15) is 13.2 Å². The Hall–Kier alpha value is -3.00. The van der Waals surface area contributed by atoms with E-state index in [2.05, 4.69) is 17.0 Å². The SMILES string of the molecule is Cc1ccc(S(=O)(=O)N(CCc2ccccc2)CC(=O)N2CCN(Cc3ccccc3)CC2)cc1. The van der Waals surface area contributed by atoms with Crippen molar-refractivity contribution in [1.82, 2.24) is 14.1 Å². The highest BCUT2D eigenvalue weighted by atomic mass is 32.2. The summed E-state index contributed by atoms with van der Waals surface area (Å²) in [5.74, 6) is -0.145. The Morgan fingerprint density at radius 1 is 0.800 bits per heavy atom. The first-order chi connectivity index (χ1) is 16.9. The van der Waals surface area contributed by atoms with Gasteiger partial charge >= 0.3 is 0 Å². The number of rotatable bonds is 9. The predicted molar refractivity (Wildman–Crippen MR) is 138 cm³/mol. The van der Waals surface area contributed by atoms with E-state index >= 15 is 0 Å². The van der Waals surface area contributed by atoms with Gasteiger partial charge in [0.25, 0.3) is 0 Å². The largest absolute Gasteiger partial charge is 0.339 e. The van der Waals surface area contributed by atoms with Crippen molar-refractivity contribution < 1.29 is 13.2 Å². The summed E-state index contributed by atoms with van der Waals surface area (Å²) in [7, 11) is -3.80. The van der Waals surface area contributed by atoms with Gasteiger partial charge in [-0.25, -0.2) is 8.42 Å². The summed E-state index contributed by atoms with van der Waals surface area (Å²) < 4.78 is 28.3. The van der Waals surface area contributed by atoms with Crippen LogP contribution in [0.2, 0.25) is 0 Å². The van der Waals surface area contributed by atoms with E-state index in [4.69, 9.17) is 0 Å². The molecule has 0 radical (unpaired) electrons. The Kier molecular flexibility index (Phi) is 8.33. The lowest BCUT2D eigenvalue weighted by molar-refractivity contribution is -0.133. The van der Waals surface area contributed by atoms with Gasteiger partial charge in [0.15, 0.2) is 0 Å². The van der Waals surface area contributed by atoms with Gasteiger partial charge in [0.2, 0.25) is 15.9 Å². The first-order valence-corrected chi connectivity index (χ1v) is 13.5. The Bertz CT molecular complexity index is 1190. The van der Waals surface area contributed by atoms with Crippen molar-refractivity contribution in [1.29, 1.82) is 0 Å². The third-order valence-corrected chi connectivity index (χ3v) is 8.30. The normalized spacial score (nSPS) is 14.9. The van der Waals surface area contributed by atoms with Crippen molar-refractivity contribution in [3.05, 3.63) is 102 Å². The van der Waals surface area contributed by atoms with Gasteiger partial charge in [-0.15, -0.1) is 0 Å². The van der Waals surface area contributed by atoms with Crippen molar-refractivity contribution in [2.75, 3.05) is 39.3 Å². The molecule has 7 heteroatoms. The molecule has 1 aliphatic rings. The molecule has 1 heterocycles. The van der Waals surface area contributed by atoms with Crippen molar-refractivity contribution in [3.63, 3.8) is 0 Å². The highest BCUT2D eigenvalue weighted by molar-refractivity contribution is 7.89. The quantitative estimate of drug-likeness (QED) is 0.459. The lowest BCUT2D eigenvalue weighted by Crippen LogP contribution is -2.51. The molecule has 0 atom stereocenters. The minimum Gasteiger partial charge on any atom is -0.339 e. The number of amides is 1. The third-order valence-electron chi connectivity index (χ3n) is 6.44. The third kappa shape index (κ3) is 6.78. The molecular weight excluding hydrogens is 458 g/mol. The number of carbonyl (C=O) groups is 1. The van der Waals surface area contributed by atoms with Crippen LogP contribution in [0.15, 0.2) is 89.8 Å². The number of hydrogen-bond donors (Lipinski definition) is 0. The van der Waals surface area contributed by atoms with Crippen LogP contribution in [0.25, 0.3) is 0 Å². The molecular formula is C28H33N3O3S. The minimum absolute atomic E-state index is 0.145. The highest BCUT2D eigenvalue weighted by Crippen LogP contribution is 2.18. The van der Waals surface area contributed by atoms with Crippen LogP contribution < -0.4 is 0 Å². The molecule has 4 rings (SSSR count). The molecule has 1 amide bonds. The number of aryl methyl sites for hydroxylation is 1. The summed E-state index contributed by atoms with van der Waals surface area (Å²) in [6.07, 6.45) is 0.546. The standard InChI is InChI=1S/C28H33N3O3S/c1-24-12-14-27(15-13-24)35(33,34)31(17-16-25-8-4-2-5-9-25)23-28(32)30-20-18-29(19-21-30)22-26-10-6-3-7-11-26/h2-15H,16-23H2,1H3. The van der Waals surface area contributed by atoms with E-state index in [1.165, 1.54) is 9.87 Å². The minimum atomic E-state index is -3.80. The number of hydrogen-bond acceptors (Lipinski definition) is 4. The van der Waals surface area contributed by atoms with Crippen LogP contribution in [0.4, 0.5) is 0 Å². The van der Waals surface area contributed by atoms with Crippen molar-refractivity contribution in [2.45, 2.75) is 24.8 Å². The van der Waals surface area contributed by atoms with Crippen LogP contribution >= 0.6 is 0 Å². The van der Waals surface area contributed by atoms with Gasteiger partial charge in [0.05, 0.1) is 11.4 Å². The molecule has 0 aliphatic carbocycles. The number of sulfonamides is 1. The molecule has 0 N–H and O–H groups in total. The number of benzene rings is 3. The molecule has 3 aromatic carbocycles. The number of nitrogens with zero attached hydrogens (tertiary/aromatic N) is 3. The number of carbonyl (C=O) groups excluding carboxylic acids is 1. The van der Waals surface area contributed by atoms with Gasteiger partial charge in [-0.1, -0.05) is 78.4 Å². The Morgan fingerprint density at radius 2 is 1.37 bits per heavy atom. The molecule has 1 saturated heterocycles. The van der Waals surface area contributed by atoms with Crippen LogP contribution in [0.3, 0.4) is 0 Å². The van der Waals surface area contributed by atoms with E-state index in [0.29, 0.717) is 19.5 Å². The van der Waals surface area contributed by atoms with Gasteiger partial charge in [0.1, 0.15) is 0 Å². The van der Waals surface area contributed by atoms with Gasteiger partial charge in [-0.05, 0) is 36.6 Å². The first kappa shape index (κ1) is 25.1. The lowest BCUT2D eigenvalue weighted by Gasteiger charge is -2.35. The maximum absolute atomic E-state index is 13.5. The van der Waals surface area contributed by atoms with Crippen molar-refractivity contribution in [3.8, 4) is 0 Å². The maximum atomic E-state index is 13.5. The van der Waals surface area contributed by atoms with E-state index in [1.807, 2.05) is 55.5 Å². The van der Waals surface area contributed by atoms with E-state index in [-0.39, 0.29) is 23.9 Å². The Morgan fingerprint density at radius 3 is 1.97 bits per heavy atom. The molecule has 184 valence electrons. The average molecular weight is 492 g/mol. The Balaban J connectivity index is 1.42. The first-order valence-electron chi connectivity index (χ1n) is 12.1. The van der Waals surface area contributed by atoms with E-state index in [1.54, 1.807) is 29.2 Å². The van der Waals surface area contributed by atoms with Crippen LogP contribution in [0.5, 0.6) is 0 Å². The summed E-state index contributed by atoms with van der Waals surface area (Å²) in [5.41, 5.74) is 3.28. The summed E-state index contributed by atoms with van der Waals surface area (Å²) in [4.78, 5) is 17.6. The summed E-state index contributed by atoms with van der Waals surface area (Å²) in [5, 5.41) is 0. The molecule has 1 fully saturated rings. The molecule has 6 nitrogen and oxygen atoms in total. The zero-order chi connectivity index (χ0) is 24.7. The number of piperazine rings is 1. The fourth-order valence-electron chi connectivity index (χ4n) is 4.29. The van der Waals surface area contributed by atoms with Crippen LogP contribution in [0.1, 0.15) is 16.7 Å². The lowest BCUT2D eigenvalue weighted by atomic mass is 10.1. The van der Waals surface area contributed by atoms with Crippen molar-refractivity contribution >= 4 is 15.9 Å². The smallest absolute Gasteiger partial charge is 0.243 e. The van der Waals surface area contributed by atoms with E-state index < -0.39 is 10.0 Å². The second-order valence-corrected chi connectivity index (χ2v) is 11.0. The molecule has 0 bridgehead atoms. The maximum Gasteiger partial charge on any atom is 0.243 e. The summed E-state index contributed by atoms with van der Waals surface area (Å²) >= 11 is 0. The molecule has 35 heavy (non-hydrogen) atoms. The molecule has 0 unspecified atom stereocenters. The van der Waals surface area contributed by atoms with Gasteiger partial charge in [-0.3, -0.25) is 9.69 Å². The van der Waals surface area contributed by atoms with Crippen LogP contribution in [-0.4, -0.2) is 67.7 Å². The Labute approximate surface area is 208 Å². The van der Waals surface area contributed by atoms with Crippen LogP contribution in [-0.2, 0) is 27.8 Å². The summed E-state index contributed by atoms with van der Waals surface area (Å²) in [6.45, 7) is 5.62. The fourth-order valence-corrected chi connectivity index (χ4v) is 5.68. The molecule has 0 saturated carbocycles. The zero-order valence-electron chi connectivity index (χ0n) is 20.2. The molecule has 0 spiro atoms. The second kappa shape index (κ2) is 11.6. The monoisotopic (exact) mass is 491 g/mol. The van der Waals surface area contributed by atoms with Gasteiger partial charge < -0.3 is 4.90 Å². The topological polar surface area (TPSA) is 60.9 Å². The summed E-state index contributed by atoms with van der Waals surface area (Å²) in [6, 6.07) is 26.9. The van der Waals surface area contributed by atoms with Gasteiger partial charge in [-0.2, -0.15) is 4.31 Å². The average Bonchev–Trinajstić information content (AvgIpc) is 2.88. The highest BCUT2D eigenvalue weighted by Gasteiger charge is 2.29. The second-order valence-electron chi connectivity index (χ2n) is 9.03.